The van der Waals surface area contributed by atoms with Crippen LogP contribution < -0.4 is 5.32 Å². The third-order valence-corrected chi connectivity index (χ3v) is 7.98. The number of aromatic nitrogens is 2. The van der Waals surface area contributed by atoms with Gasteiger partial charge < -0.3 is 19.5 Å². The Bertz CT molecular complexity index is 1130. The molecule has 1 atom stereocenters. The van der Waals surface area contributed by atoms with Gasteiger partial charge in [-0.15, -0.1) is 0 Å². The number of aryl methyl sites for hydroxylation is 1. The molecule has 178 valence electrons. The first-order chi connectivity index (χ1) is 15.7. The summed E-state index contributed by atoms with van der Waals surface area (Å²) in [6.45, 7) is 1.55. The normalized spacial score (nSPS) is 16.8. The molecule has 1 aliphatic heterocycles. The maximum Gasteiger partial charge on any atom is 0.340 e. The number of hydrogen-bond acceptors (Lipinski definition) is 8. The van der Waals surface area contributed by atoms with Gasteiger partial charge in [0.1, 0.15) is 0 Å². The summed E-state index contributed by atoms with van der Waals surface area (Å²) >= 11 is 1.26. The third kappa shape index (κ3) is 6.57. The molecular formula is C21H26N4O6S2. The van der Waals surface area contributed by atoms with Gasteiger partial charge in [-0.25, -0.2) is 18.2 Å². The van der Waals surface area contributed by atoms with Gasteiger partial charge in [0.15, 0.2) is 21.6 Å². The topological polar surface area (TPSA) is 128 Å². The van der Waals surface area contributed by atoms with Gasteiger partial charge in [0, 0.05) is 32.0 Å². The predicted octanol–water partition coefficient (Wildman–Crippen LogP) is 1.34. The zero-order valence-electron chi connectivity index (χ0n) is 18.4. The maximum absolute atomic E-state index is 12.6. The average Bonchev–Trinajstić information content (AvgIpc) is 3.35. The maximum atomic E-state index is 12.6. The molecule has 3 rings (SSSR count). The summed E-state index contributed by atoms with van der Waals surface area (Å²) in [4.78, 5) is 43.1. The predicted molar refractivity (Wildman–Crippen MR) is 124 cm³/mol. The Labute approximate surface area is 196 Å². The molecule has 0 radical (unpaired) electrons. The monoisotopic (exact) mass is 494 g/mol. The summed E-state index contributed by atoms with van der Waals surface area (Å²) in [5.74, 6) is -1.47. The van der Waals surface area contributed by atoms with E-state index in [-0.39, 0.29) is 34.4 Å². The van der Waals surface area contributed by atoms with E-state index in [9.17, 15) is 22.8 Å². The van der Waals surface area contributed by atoms with Crippen LogP contribution in [-0.2, 0) is 31.2 Å². The minimum atomic E-state index is -3.15. The van der Waals surface area contributed by atoms with Crippen molar-refractivity contribution in [2.75, 3.05) is 35.7 Å². The lowest BCUT2D eigenvalue weighted by Gasteiger charge is -2.26. The van der Waals surface area contributed by atoms with Crippen molar-refractivity contribution in [2.24, 2.45) is 7.05 Å². The Morgan fingerprint density at radius 1 is 1.30 bits per heavy atom. The van der Waals surface area contributed by atoms with Crippen molar-refractivity contribution in [1.82, 2.24) is 14.5 Å². The first-order valence-electron chi connectivity index (χ1n) is 10.4. The van der Waals surface area contributed by atoms with Gasteiger partial charge in [-0.2, -0.15) is 0 Å². The van der Waals surface area contributed by atoms with E-state index in [1.165, 1.54) is 22.7 Å². The van der Waals surface area contributed by atoms with Crippen molar-refractivity contribution in [1.29, 1.82) is 0 Å². The highest BCUT2D eigenvalue weighted by Crippen LogP contribution is 2.20. The fourth-order valence-corrected chi connectivity index (χ4v) is 5.99. The zero-order valence-corrected chi connectivity index (χ0v) is 20.0. The highest BCUT2D eigenvalue weighted by atomic mass is 32.2. The van der Waals surface area contributed by atoms with Crippen LogP contribution in [0.25, 0.3) is 0 Å². The molecule has 2 amide bonds. The van der Waals surface area contributed by atoms with Crippen LogP contribution >= 0.6 is 11.8 Å². The molecule has 1 N–H and O–H groups in total. The minimum absolute atomic E-state index is 0.0484. The van der Waals surface area contributed by atoms with E-state index in [4.69, 9.17) is 4.74 Å². The second-order valence-electron chi connectivity index (χ2n) is 7.52. The van der Waals surface area contributed by atoms with E-state index in [2.05, 4.69) is 10.3 Å². The van der Waals surface area contributed by atoms with E-state index in [0.717, 1.165) is 0 Å². The lowest BCUT2D eigenvalue weighted by molar-refractivity contribution is -0.136. The number of benzene rings is 1. The minimum Gasteiger partial charge on any atom is -0.452 e. The van der Waals surface area contributed by atoms with Crippen LogP contribution in [-0.4, -0.2) is 77.1 Å². The number of para-hydroxylation sites is 1. The van der Waals surface area contributed by atoms with Gasteiger partial charge in [-0.1, -0.05) is 23.9 Å². The van der Waals surface area contributed by atoms with E-state index >= 15 is 0 Å². The van der Waals surface area contributed by atoms with Crippen molar-refractivity contribution in [2.45, 2.75) is 24.5 Å². The standard InChI is InChI=1S/C21H26N4O6S2/c1-3-25(15-8-11-33(29,30)14-15)19(27)12-31-20(28)16-6-4-5-7-17(16)23-18(26)13-32-21-22-9-10-24(21)2/h4-7,9-10,15H,3,8,11-14H2,1-2H3,(H,23,26)/t15-/m1/s1. The number of ether oxygens (including phenoxy) is 1. The summed E-state index contributed by atoms with van der Waals surface area (Å²) < 4.78 is 30.4. The smallest absolute Gasteiger partial charge is 0.340 e. The molecule has 1 saturated heterocycles. The SMILES string of the molecule is CCN(C(=O)COC(=O)c1ccccc1NC(=O)CSc1nccn1C)[C@@H]1CCS(=O)(=O)C1. The van der Waals surface area contributed by atoms with Gasteiger partial charge in [-0.3, -0.25) is 9.59 Å². The van der Waals surface area contributed by atoms with Crippen molar-refractivity contribution in [3.05, 3.63) is 42.2 Å². The molecule has 1 aromatic heterocycles. The number of anilines is 1. The summed E-state index contributed by atoms with van der Waals surface area (Å²) in [6, 6.07) is 5.95. The number of hydrogen-bond donors (Lipinski definition) is 1. The molecule has 0 aliphatic carbocycles. The van der Waals surface area contributed by atoms with E-state index in [1.807, 2.05) is 7.05 Å². The second-order valence-corrected chi connectivity index (χ2v) is 10.7. The molecule has 2 aromatic rings. The molecule has 1 fully saturated rings. The summed E-state index contributed by atoms with van der Waals surface area (Å²) in [5, 5.41) is 3.38. The van der Waals surface area contributed by atoms with Crippen molar-refractivity contribution in [3.8, 4) is 0 Å². The number of carbonyl (C=O) groups is 3. The van der Waals surface area contributed by atoms with E-state index in [1.54, 1.807) is 42.1 Å². The quantitative estimate of drug-likeness (QED) is 0.409. The molecule has 0 spiro atoms. The number of amides is 2. The van der Waals surface area contributed by atoms with Gasteiger partial charge in [0.05, 0.1) is 28.5 Å². The van der Waals surface area contributed by atoms with Gasteiger partial charge in [-0.05, 0) is 25.5 Å². The molecule has 0 unspecified atom stereocenters. The number of likely N-dealkylation sites (N-methyl/N-ethyl adjacent to an activating group) is 1. The lowest BCUT2D eigenvalue weighted by atomic mass is 10.2. The average molecular weight is 495 g/mol. The first-order valence-corrected chi connectivity index (χ1v) is 13.2. The Morgan fingerprint density at radius 2 is 2.06 bits per heavy atom. The van der Waals surface area contributed by atoms with Crippen LogP contribution in [0.1, 0.15) is 23.7 Å². The number of nitrogens with one attached hydrogen (secondary N) is 1. The highest BCUT2D eigenvalue weighted by molar-refractivity contribution is 7.99. The van der Waals surface area contributed by atoms with Crippen molar-refractivity contribution >= 4 is 45.1 Å². The summed E-state index contributed by atoms with van der Waals surface area (Å²) in [6.07, 6.45) is 3.79. The molecule has 2 heterocycles. The van der Waals surface area contributed by atoms with Gasteiger partial charge in [0.2, 0.25) is 5.91 Å². The van der Waals surface area contributed by atoms with Crippen LogP contribution in [0.3, 0.4) is 0 Å². The zero-order chi connectivity index (χ0) is 24.0. The number of imidazole rings is 1. The second kappa shape index (κ2) is 10.8. The first kappa shape index (κ1) is 24.8. The number of esters is 1. The van der Waals surface area contributed by atoms with Gasteiger partial charge in [0.25, 0.3) is 5.91 Å². The van der Waals surface area contributed by atoms with Crippen LogP contribution in [0.2, 0.25) is 0 Å². The fourth-order valence-electron chi connectivity index (χ4n) is 3.52. The molecule has 1 aliphatic rings. The number of rotatable bonds is 9. The molecule has 12 heteroatoms. The van der Waals surface area contributed by atoms with E-state index < -0.39 is 34.4 Å². The van der Waals surface area contributed by atoms with Gasteiger partial charge >= 0.3 is 5.97 Å². The summed E-state index contributed by atoms with van der Waals surface area (Å²) in [5.41, 5.74) is 0.391. The fraction of sp³-hybridized carbons (Fsp3) is 0.429. The van der Waals surface area contributed by atoms with Crippen LogP contribution in [0.5, 0.6) is 0 Å². The van der Waals surface area contributed by atoms with Crippen LogP contribution in [0.15, 0.2) is 41.8 Å². The molecule has 10 nitrogen and oxygen atoms in total. The molecule has 1 aromatic carbocycles. The van der Waals surface area contributed by atoms with Crippen molar-refractivity contribution in [3.63, 3.8) is 0 Å². The Kier molecular flexibility index (Phi) is 8.14. The van der Waals surface area contributed by atoms with Crippen molar-refractivity contribution < 1.29 is 27.5 Å². The highest BCUT2D eigenvalue weighted by Gasteiger charge is 2.34. The molecule has 0 saturated carbocycles. The number of sulfone groups is 1. The number of carbonyl (C=O) groups excluding carboxylic acids is 3. The Hall–Kier alpha value is -2.86. The Balaban J connectivity index is 1.57. The van der Waals surface area contributed by atoms with Crippen LogP contribution in [0.4, 0.5) is 5.69 Å². The Morgan fingerprint density at radius 3 is 2.70 bits per heavy atom. The molecule has 33 heavy (non-hydrogen) atoms. The number of thioether (sulfide) groups is 1. The van der Waals surface area contributed by atoms with E-state index in [0.29, 0.717) is 18.1 Å². The largest absolute Gasteiger partial charge is 0.452 e. The molecule has 0 bridgehead atoms. The lowest BCUT2D eigenvalue weighted by Crippen LogP contribution is -2.43. The summed E-state index contributed by atoms with van der Waals surface area (Å²) in [7, 11) is -1.32. The number of nitrogens with zero attached hydrogens (tertiary/aromatic N) is 3. The molecular weight excluding hydrogens is 468 g/mol. The third-order valence-electron chi connectivity index (χ3n) is 5.17. The van der Waals surface area contributed by atoms with Crippen LogP contribution in [0, 0.1) is 0 Å².